The van der Waals surface area contributed by atoms with Gasteiger partial charge in [-0.05, 0) is 50.3 Å². The Hall–Kier alpha value is -2.59. The maximum atomic E-state index is 13.6. The molecule has 10 heteroatoms. The lowest BCUT2D eigenvalue weighted by molar-refractivity contribution is -0.120. The van der Waals surface area contributed by atoms with Gasteiger partial charge in [-0.25, -0.2) is 18.1 Å². The van der Waals surface area contributed by atoms with Gasteiger partial charge in [0, 0.05) is 70.3 Å². The number of hydrogen-bond acceptors (Lipinski definition) is 5. The number of rotatable bonds is 5. The van der Waals surface area contributed by atoms with Crippen LogP contribution in [0, 0.1) is 5.92 Å². The molecule has 0 unspecified atom stereocenters. The summed E-state index contributed by atoms with van der Waals surface area (Å²) < 4.78 is 29.0. The first-order chi connectivity index (χ1) is 16.6. The van der Waals surface area contributed by atoms with E-state index in [1.807, 2.05) is 12.3 Å². The highest BCUT2D eigenvalue weighted by Gasteiger charge is 2.43. The number of nitrogens with one attached hydrogen (secondary N) is 1. The summed E-state index contributed by atoms with van der Waals surface area (Å²) in [6.07, 6.45) is 5.04. The smallest absolute Gasteiger partial charge is 0.297 e. The Kier molecular flexibility index (Phi) is 6.29. The molecule has 1 N–H and O–H groups in total. The average molecular weight is 489 g/mol. The number of fused-ring (bicyclic) bond motifs is 1. The molecule has 2 aromatic rings. The van der Waals surface area contributed by atoms with Crippen molar-refractivity contribution in [3.05, 3.63) is 30.1 Å². The highest BCUT2D eigenvalue weighted by atomic mass is 19.3. The molecular weight excluding hydrogens is 454 g/mol. The molecule has 2 aromatic heterocycles. The molecule has 0 atom stereocenters. The van der Waals surface area contributed by atoms with Crippen LogP contribution in [0.4, 0.5) is 19.3 Å². The molecule has 8 nitrogen and oxygen atoms in total. The molecule has 1 saturated carbocycles. The lowest BCUT2D eigenvalue weighted by Crippen LogP contribution is -2.58. The fraction of sp³-hybridized carbons (Fsp3) is 0.640. The van der Waals surface area contributed by atoms with Crippen LogP contribution in [0.2, 0.25) is 0 Å². The van der Waals surface area contributed by atoms with Gasteiger partial charge in [0.15, 0.2) is 0 Å². The second kappa shape index (κ2) is 9.13. The van der Waals surface area contributed by atoms with Crippen molar-refractivity contribution in [1.29, 1.82) is 0 Å². The van der Waals surface area contributed by atoms with Crippen molar-refractivity contribution in [3.8, 4) is 0 Å². The van der Waals surface area contributed by atoms with Gasteiger partial charge in [0.1, 0.15) is 0 Å². The van der Waals surface area contributed by atoms with E-state index in [1.165, 1.54) is 0 Å². The van der Waals surface area contributed by atoms with E-state index in [1.54, 1.807) is 15.6 Å². The monoisotopic (exact) mass is 488 g/mol. The van der Waals surface area contributed by atoms with Crippen LogP contribution in [0.15, 0.2) is 24.5 Å². The van der Waals surface area contributed by atoms with Gasteiger partial charge in [-0.2, -0.15) is 5.10 Å². The van der Waals surface area contributed by atoms with Crippen LogP contribution in [0.1, 0.15) is 51.5 Å². The number of amides is 3. The van der Waals surface area contributed by atoms with Crippen molar-refractivity contribution in [2.45, 2.75) is 64.0 Å². The highest BCUT2D eigenvalue weighted by molar-refractivity contribution is 6.07. The van der Waals surface area contributed by atoms with E-state index in [-0.39, 0.29) is 30.7 Å². The molecule has 0 aromatic carbocycles. The predicted molar refractivity (Wildman–Crippen MR) is 129 cm³/mol. The Morgan fingerprint density at radius 1 is 1.11 bits per heavy atom. The number of nitrogens with zero attached hydrogens (tertiary/aromatic N) is 5. The van der Waals surface area contributed by atoms with E-state index < -0.39 is 12.0 Å². The summed E-state index contributed by atoms with van der Waals surface area (Å²) in [7, 11) is 0. The zero-order valence-corrected chi connectivity index (χ0v) is 20.5. The van der Waals surface area contributed by atoms with Crippen LogP contribution in [0.5, 0.6) is 0 Å². The number of aromatic nitrogens is 2. The average Bonchev–Trinajstić information content (AvgIpc) is 3.22. The number of carbonyl (C=O) groups excluding carboxylic acids is 2. The van der Waals surface area contributed by atoms with Gasteiger partial charge in [0.05, 0.1) is 17.4 Å². The summed E-state index contributed by atoms with van der Waals surface area (Å²) in [5.41, 5.74) is 2.59. The van der Waals surface area contributed by atoms with E-state index in [9.17, 15) is 18.4 Å². The molecular formula is C25H34F2N6O2. The van der Waals surface area contributed by atoms with Gasteiger partial charge >= 0.3 is 6.03 Å². The lowest BCUT2D eigenvalue weighted by Gasteiger charge is -2.49. The van der Waals surface area contributed by atoms with E-state index in [2.05, 4.69) is 40.1 Å². The SMILES string of the molecule is CC(C)(C1CCC(F)(F)CC1)N1CCN(Cc2ccn3ncc(N4CCC(=O)NC4=O)c3c2)CC1. The minimum absolute atomic E-state index is 0.00944. The van der Waals surface area contributed by atoms with Crippen LogP contribution < -0.4 is 10.2 Å². The Bertz CT molecular complexity index is 1100. The predicted octanol–water partition coefficient (Wildman–Crippen LogP) is 3.50. The molecule has 3 fully saturated rings. The molecule has 3 amide bonds. The minimum atomic E-state index is -2.49. The number of urea groups is 1. The molecule has 4 heterocycles. The van der Waals surface area contributed by atoms with Crippen LogP contribution in [-0.4, -0.2) is 75.5 Å². The molecule has 190 valence electrons. The molecule has 0 bridgehead atoms. The number of pyridine rings is 1. The second-order valence-electron chi connectivity index (χ2n) is 10.7. The third kappa shape index (κ3) is 4.91. The lowest BCUT2D eigenvalue weighted by atomic mass is 9.74. The van der Waals surface area contributed by atoms with Crippen molar-refractivity contribution in [2.75, 3.05) is 37.6 Å². The Morgan fingerprint density at radius 2 is 1.83 bits per heavy atom. The van der Waals surface area contributed by atoms with E-state index in [4.69, 9.17) is 0 Å². The summed E-state index contributed by atoms with van der Waals surface area (Å²) in [6.45, 7) is 9.24. The zero-order chi connectivity index (χ0) is 24.8. The van der Waals surface area contributed by atoms with Crippen molar-refractivity contribution < 1.29 is 18.4 Å². The molecule has 1 aliphatic carbocycles. The van der Waals surface area contributed by atoms with E-state index >= 15 is 0 Å². The molecule has 0 spiro atoms. The molecule has 0 radical (unpaired) electrons. The first kappa shape index (κ1) is 24.1. The second-order valence-corrected chi connectivity index (χ2v) is 10.7. The number of alkyl halides is 2. The summed E-state index contributed by atoms with van der Waals surface area (Å²) in [5, 5.41) is 6.74. The van der Waals surface area contributed by atoms with Crippen LogP contribution >= 0.6 is 0 Å². The zero-order valence-electron chi connectivity index (χ0n) is 20.5. The molecule has 5 rings (SSSR count). The normalized spacial score (nSPS) is 23.1. The molecule has 2 aliphatic heterocycles. The van der Waals surface area contributed by atoms with Crippen molar-refractivity contribution in [2.24, 2.45) is 5.92 Å². The van der Waals surface area contributed by atoms with Crippen LogP contribution in [0.25, 0.3) is 5.52 Å². The number of imide groups is 1. The van der Waals surface area contributed by atoms with Crippen LogP contribution in [-0.2, 0) is 11.3 Å². The van der Waals surface area contributed by atoms with Gasteiger partial charge in [-0.1, -0.05) is 0 Å². The summed E-state index contributed by atoms with van der Waals surface area (Å²) in [4.78, 5) is 30.3. The fourth-order valence-corrected chi connectivity index (χ4v) is 5.86. The maximum Gasteiger partial charge on any atom is 0.328 e. The van der Waals surface area contributed by atoms with Gasteiger partial charge < -0.3 is 0 Å². The van der Waals surface area contributed by atoms with Gasteiger partial charge in [-0.15, -0.1) is 0 Å². The number of halogens is 2. The summed E-state index contributed by atoms with van der Waals surface area (Å²) >= 11 is 0. The molecule has 35 heavy (non-hydrogen) atoms. The van der Waals surface area contributed by atoms with Crippen LogP contribution in [0.3, 0.4) is 0 Å². The Morgan fingerprint density at radius 3 is 2.51 bits per heavy atom. The number of carbonyl (C=O) groups is 2. The Labute approximate surface area is 204 Å². The fourth-order valence-electron chi connectivity index (χ4n) is 5.86. The summed E-state index contributed by atoms with van der Waals surface area (Å²) in [5.74, 6) is -2.44. The molecule has 3 aliphatic rings. The van der Waals surface area contributed by atoms with Gasteiger partial charge in [0.2, 0.25) is 11.8 Å². The quantitative estimate of drug-likeness (QED) is 0.698. The minimum Gasteiger partial charge on any atom is -0.297 e. The molecule has 2 saturated heterocycles. The topological polar surface area (TPSA) is 73.2 Å². The number of anilines is 1. The number of piperazine rings is 1. The number of hydrogen-bond donors (Lipinski definition) is 1. The van der Waals surface area contributed by atoms with Crippen molar-refractivity contribution in [1.82, 2.24) is 24.7 Å². The third-order valence-corrected chi connectivity index (χ3v) is 8.22. The van der Waals surface area contributed by atoms with Gasteiger partial charge in [-0.3, -0.25) is 24.8 Å². The summed E-state index contributed by atoms with van der Waals surface area (Å²) in [6, 6.07) is 3.69. The van der Waals surface area contributed by atoms with Gasteiger partial charge in [0.25, 0.3) is 0 Å². The van der Waals surface area contributed by atoms with Crippen molar-refractivity contribution in [3.63, 3.8) is 0 Å². The highest BCUT2D eigenvalue weighted by Crippen LogP contribution is 2.42. The Balaban J connectivity index is 1.21. The standard InChI is InChI=1S/C25H34F2N6O2/c1-24(2,19-3-7-25(26,27)8-4-19)31-13-11-30(12-14-31)17-18-5-10-33-20(15-18)21(16-28-33)32-9-6-22(34)29-23(32)35/h5,10,15-16,19H,3-4,6-9,11-14,17H2,1-2H3,(H,29,34,35). The van der Waals surface area contributed by atoms with E-state index in [0.29, 0.717) is 31.0 Å². The first-order valence-electron chi connectivity index (χ1n) is 12.6. The van der Waals surface area contributed by atoms with E-state index in [0.717, 1.165) is 43.8 Å². The first-order valence-corrected chi connectivity index (χ1v) is 12.6. The third-order valence-electron chi connectivity index (χ3n) is 8.22. The van der Waals surface area contributed by atoms with Crippen molar-refractivity contribution >= 4 is 23.1 Å². The maximum absolute atomic E-state index is 13.6. The largest absolute Gasteiger partial charge is 0.328 e.